The molecular weight excluding hydrogens is 331 g/mol. The van der Waals surface area contributed by atoms with Gasteiger partial charge in [0.1, 0.15) is 12.4 Å². The Labute approximate surface area is 145 Å². The molecule has 2 aromatic rings. The lowest BCUT2D eigenvalue weighted by Crippen LogP contribution is -2.39. The van der Waals surface area contributed by atoms with E-state index in [1.165, 1.54) is 24.0 Å². The van der Waals surface area contributed by atoms with Gasteiger partial charge in [0.05, 0.1) is 5.02 Å². The highest BCUT2D eigenvalue weighted by molar-refractivity contribution is 6.31. The third-order valence-corrected chi connectivity index (χ3v) is 3.80. The van der Waals surface area contributed by atoms with Crippen molar-refractivity contribution in [1.29, 1.82) is 0 Å². The smallest absolute Gasteiger partial charge is 0.240 e. The lowest BCUT2D eigenvalue weighted by molar-refractivity contribution is -0.123. The van der Waals surface area contributed by atoms with Gasteiger partial charge in [-0.2, -0.15) is 0 Å². The minimum Gasteiger partial charge on any atom is -0.350 e. The summed E-state index contributed by atoms with van der Waals surface area (Å²) in [7, 11) is 0. The van der Waals surface area contributed by atoms with E-state index in [2.05, 4.69) is 5.32 Å². The number of rotatable bonds is 5. The van der Waals surface area contributed by atoms with Crippen LogP contribution in [0.4, 0.5) is 10.1 Å². The van der Waals surface area contributed by atoms with Gasteiger partial charge in [-0.1, -0.05) is 41.4 Å². The molecule has 0 spiro atoms. The van der Waals surface area contributed by atoms with Crippen LogP contribution < -0.4 is 10.2 Å². The number of nitrogens with zero attached hydrogens (tertiary/aromatic N) is 1. The number of hydrogen-bond donors (Lipinski definition) is 1. The molecule has 2 aromatic carbocycles. The second kappa shape index (κ2) is 7.93. The Morgan fingerprint density at radius 2 is 1.83 bits per heavy atom. The molecule has 24 heavy (non-hydrogen) atoms. The van der Waals surface area contributed by atoms with E-state index in [0.29, 0.717) is 12.2 Å². The van der Waals surface area contributed by atoms with E-state index in [1.807, 2.05) is 31.2 Å². The van der Waals surface area contributed by atoms with Crippen molar-refractivity contribution in [2.24, 2.45) is 0 Å². The Morgan fingerprint density at radius 1 is 1.17 bits per heavy atom. The van der Waals surface area contributed by atoms with Crippen LogP contribution in [-0.4, -0.2) is 18.4 Å². The Kier molecular flexibility index (Phi) is 5.93. The molecule has 0 saturated heterocycles. The van der Waals surface area contributed by atoms with E-state index < -0.39 is 5.82 Å². The zero-order valence-corrected chi connectivity index (χ0v) is 14.2. The van der Waals surface area contributed by atoms with Crippen molar-refractivity contribution in [3.05, 3.63) is 64.4 Å². The highest BCUT2D eigenvalue weighted by Crippen LogP contribution is 2.22. The Hall–Kier alpha value is -2.40. The first-order valence-corrected chi connectivity index (χ1v) is 7.80. The van der Waals surface area contributed by atoms with E-state index in [4.69, 9.17) is 11.6 Å². The maximum absolute atomic E-state index is 13.2. The van der Waals surface area contributed by atoms with Crippen LogP contribution in [0.5, 0.6) is 0 Å². The largest absolute Gasteiger partial charge is 0.350 e. The molecule has 126 valence electrons. The third kappa shape index (κ3) is 4.80. The zero-order valence-electron chi connectivity index (χ0n) is 13.5. The van der Waals surface area contributed by atoms with Gasteiger partial charge in [-0.05, 0) is 30.7 Å². The predicted octanol–water partition coefficient (Wildman–Crippen LogP) is 3.46. The van der Waals surface area contributed by atoms with Crippen molar-refractivity contribution >= 4 is 29.1 Å². The lowest BCUT2D eigenvalue weighted by atomic mass is 10.1. The average molecular weight is 349 g/mol. The maximum atomic E-state index is 13.2. The molecule has 0 aliphatic rings. The summed E-state index contributed by atoms with van der Waals surface area (Å²) in [6.45, 7) is 3.53. The van der Waals surface area contributed by atoms with E-state index in [-0.39, 0.29) is 23.4 Å². The second-order valence-electron chi connectivity index (χ2n) is 5.47. The molecule has 6 heteroatoms. The Bertz CT molecular complexity index is 747. The number of anilines is 1. The van der Waals surface area contributed by atoms with Crippen molar-refractivity contribution in [2.45, 2.75) is 20.4 Å². The van der Waals surface area contributed by atoms with Crippen LogP contribution in [0, 0.1) is 12.7 Å². The quantitative estimate of drug-likeness (QED) is 0.899. The molecule has 0 radical (unpaired) electrons. The van der Waals surface area contributed by atoms with Gasteiger partial charge in [-0.15, -0.1) is 0 Å². The number of carbonyl (C=O) groups excluding carboxylic acids is 2. The van der Waals surface area contributed by atoms with Gasteiger partial charge in [-0.3, -0.25) is 9.59 Å². The Morgan fingerprint density at radius 3 is 2.42 bits per heavy atom. The number of nitrogens with one attached hydrogen (secondary N) is 1. The number of carbonyl (C=O) groups is 2. The van der Waals surface area contributed by atoms with Crippen LogP contribution >= 0.6 is 11.6 Å². The van der Waals surface area contributed by atoms with Crippen molar-refractivity contribution in [3.8, 4) is 0 Å². The summed E-state index contributed by atoms with van der Waals surface area (Å²) >= 11 is 5.74. The molecule has 0 fully saturated rings. The van der Waals surface area contributed by atoms with Gasteiger partial charge in [0.2, 0.25) is 11.8 Å². The summed E-state index contributed by atoms with van der Waals surface area (Å²) in [5.74, 6) is -1.22. The van der Waals surface area contributed by atoms with Gasteiger partial charge < -0.3 is 10.2 Å². The van der Waals surface area contributed by atoms with E-state index in [1.54, 1.807) is 0 Å². The first-order valence-electron chi connectivity index (χ1n) is 7.42. The molecular formula is C18H18ClFN2O2. The number of halogens is 2. The van der Waals surface area contributed by atoms with Crippen LogP contribution in [-0.2, 0) is 16.1 Å². The van der Waals surface area contributed by atoms with Crippen molar-refractivity contribution in [2.75, 3.05) is 11.4 Å². The fraction of sp³-hybridized carbons (Fsp3) is 0.222. The normalized spacial score (nSPS) is 10.3. The van der Waals surface area contributed by atoms with Gasteiger partial charge in [-0.25, -0.2) is 4.39 Å². The summed E-state index contributed by atoms with van der Waals surface area (Å²) in [6, 6.07) is 11.7. The number of hydrogen-bond acceptors (Lipinski definition) is 2. The SMILES string of the molecule is CC(=O)N(CC(=O)NCc1ccc(C)cc1)c1ccc(F)c(Cl)c1. The van der Waals surface area contributed by atoms with E-state index in [0.717, 1.165) is 17.2 Å². The van der Waals surface area contributed by atoms with E-state index >= 15 is 0 Å². The summed E-state index contributed by atoms with van der Waals surface area (Å²) in [5.41, 5.74) is 2.48. The molecule has 0 unspecified atom stereocenters. The van der Waals surface area contributed by atoms with Gasteiger partial charge in [0.15, 0.2) is 0 Å². The average Bonchev–Trinajstić information content (AvgIpc) is 2.54. The lowest BCUT2D eigenvalue weighted by Gasteiger charge is -2.21. The monoisotopic (exact) mass is 348 g/mol. The highest BCUT2D eigenvalue weighted by Gasteiger charge is 2.17. The standard InChI is InChI=1S/C18H18ClFN2O2/c1-12-3-5-14(6-4-12)10-21-18(24)11-22(13(2)23)15-7-8-17(20)16(19)9-15/h3-9H,10-11H2,1-2H3,(H,21,24). The van der Waals surface area contributed by atoms with Crippen molar-refractivity contribution < 1.29 is 14.0 Å². The first-order chi connectivity index (χ1) is 11.4. The fourth-order valence-electron chi connectivity index (χ4n) is 2.14. The minimum atomic E-state index is -0.576. The molecule has 0 heterocycles. The first kappa shape index (κ1) is 17.9. The zero-order chi connectivity index (χ0) is 17.7. The van der Waals surface area contributed by atoms with Gasteiger partial charge in [0, 0.05) is 19.2 Å². The van der Waals surface area contributed by atoms with Crippen molar-refractivity contribution in [3.63, 3.8) is 0 Å². The van der Waals surface area contributed by atoms with Crippen LogP contribution in [0.3, 0.4) is 0 Å². The van der Waals surface area contributed by atoms with Crippen LogP contribution in [0.15, 0.2) is 42.5 Å². The second-order valence-corrected chi connectivity index (χ2v) is 5.87. The third-order valence-electron chi connectivity index (χ3n) is 3.51. The molecule has 1 N–H and O–H groups in total. The van der Waals surface area contributed by atoms with Gasteiger partial charge >= 0.3 is 0 Å². The highest BCUT2D eigenvalue weighted by atomic mass is 35.5. The molecule has 0 aromatic heterocycles. The summed E-state index contributed by atoms with van der Waals surface area (Å²) < 4.78 is 13.2. The summed E-state index contributed by atoms with van der Waals surface area (Å²) in [4.78, 5) is 25.2. The van der Waals surface area contributed by atoms with Crippen LogP contribution in [0.2, 0.25) is 5.02 Å². The molecule has 2 amide bonds. The molecule has 4 nitrogen and oxygen atoms in total. The molecule has 0 bridgehead atoms. The molecule has 0 aliphatic carbocycles. The summed E-state index contributed by atoms with van der Waals surface area (Å²) in [6.07, 6.45) is 0. The molecule has 0 saturated carbocycles. The molecule has 2 rings (SSSR count). The molecule has 0 aliphatic heterocycles. The minimum absolute atomic E-state index is 0.0983. The maximum Gasteiger partial charge on any atom is 0.240 e. The number of benzene rings is 2. The number of aryl methyl sites for hydroxylation is 1. The van der Waals surface area contributed by atoms with Crippen LogP contribution in [0.25, 0.3) is 0 Å². The van der Waals surface area contributed by atoms with Crippen LogP contribution in [0.1, 0.15) is 18.1 Å². The van der Waals surface area contributed by atoms with E-state index in [9.17, 15) is 14.0 Å². The number of amides is 2. The van der Waals surface area contributed by atoms with Crippen molar-refractivity contribution in [1.82, 2.24) is 5.32 Å². The predicted molar refractivity (Wildman–Crippen MR) is 92.5 cm³/mol. The van der Waals surface area contributed by atoms with Gasteiger partial charge in [0.25, 0.3) is 0 Å². The fourth-order valence-corrected chi connectivity index (χ4v) is 2.32. The topological polar surface area (TPSA) is 49.4 Å². The summed E-state index contributed by atoms with van der Waals surface area (Å²) in [5, 5.41) is 2.66. The molecule has 0 atom stereocenters. The Balaban J connectivity index is 2.01.